The molecule has 1 saturated carbocycles. The van der Waals surface area contributed by atoms with Crippen molar-refractivity contribution in [2.45, 2.75) is 58.7 Å². The number of alkyl halides is 3. The Bertz CT molecular complexity index is 489. The van der Waals surface area contributed by atoms with Gasteiger partial charge in [-0.15, -0.1) is 0 Å². The van der Waals surface area contributed by atoms with E-state index in [0.29, 0.717) is 12.8 Å². The summed E-state index contributed by atoms with van der Waals surface area (Å²) in [5.41, 5.74) is 5.17. The Morgan fingerprint density at radius 2 is 1.55 bits per heavy atom. The smallest absolute Gasteiger partial charge is 0.329 e. The maximum atomic E-state index is 12.6. The van der Waals surface area contributed by atoms with Gasteiger partial charge in [-0.05, 0) is 30.1 Å². The summed E-state index contributed by atoms with van der Waals surface area (Å²) in [4.78, 5) is 3.48. The highest BCUT2D eigenvalue weighted by Crippen LogP contribution is 2.52. The van der Waals surface area contributed by atoms with Gasteiger partial charge in [-0.25, -0.2) is 0 Å². The standard InChI is InChI=1S/C13H20F3N3O/c1-10(2)5-11(3,4)7-12(17,6-10)8-18-9(20-19-8)13(14,15)16/h5-7,17H2,1-4H3. The van der Waals surface area contributed by atoms with Crippen molar-refractivity contribution in [3.8, 4) is 0 Å². The maximum absolute atomic E-state index is 12.6. The Morgan fingerprint density at radius 3 is 1.95 bits per heavy atom. The molecule has 0 unspecified atom stereocenters. The Hall–Kier alpha value is -1.11. The number of nitrogens with two attached hydrogens (primary N) is 1. The molecule has 1 aliphatic rings. The highest BCUT2D eigenvalue weighted by atomic mass is 19.4. The first-order valence-corrected chi connectivity index (χ1v) is 6.53. The van der Waals surface area contributed by atoms with Gasteiger partial charge in [0.15, 0.2) is 5.82 Å². The van der Waals surface area contributed by atoms with Crippen molar-refractivity contribution in [1.29, 1.82) is 0 Å². The van der Waals surface area contributed by atoms with Crippen LogP contribution in [-0.2, 0) is 11.7 Å². The zero-order valence-corrected chi connectivity index (χ0v) is 12.1. The van der Waals surface area contributed by atoms with Gasteiger partial charge in [0.05, 0.1) is 5.54 Å². The average molecular weight is 291 g/mol. The first kappa shape index (κ1) is 15.3. The van der Waals surface area contributed by atoms with Crippen LogP contribution in [0.1, 0.15) is 58.7 Å². The van der Waals surface area contributed by atoms with Gasteiger partial charge in [0.2, 0.25) is 0 Å². The lowest BCUT2D eigenvalue weighted by Gasteiger charge is -2.49. The van der Waals surface area contributed by atoms with E-state index in [-0.39, 0.29) is 16.7 Å². The fourth-order valence-electron chi connectivity index (χ4n) is 3.89. The van der Waals surface area contributed by atoms with Crippen molar-refractivity contribution in [3.63, 3.8) is 0 Å². The topological polar surface area (TPSA) is 64.9 Å². The average Bonchev–Trinajstić information content (AvgIpc) is 2.58. The molecule has 1 aromatic rings. The summed E-state index contributed by atoms with van der Waals surface area (Å²) < 4.78 is 42.0. The molecule has 0 saturated heterocycles. The number of aromatic nitrogens is 2. The van der Waals surface area contributed by atoms with E-state index in [4.69, 9.17) is 5.73 Å². The maximum Gasteiger partial charge on any atom is 0.471 e. The Labute approximate surface area is 115 Å². The minimum Gasteiger partial charge on any atom is -0.329 e. The molecule has 1 fully saturated rings. The summed E-state index contributed by atoms with van der Waals surface area (Å²) in [6, 6.07) is 0. The van der Waals surface area contributed by atoms with E-state index < -0.39 is 17.6 Å². The minimum absolute atomic E-state index is 0.0503. The molecule has 0 aliphatic heterocycles. The molecule has 1 aromatic heterocycles. The molecule has 0 radical (unpaired) electrons. The van der Waals surface area contributed by atoms with Gasteiger partial charge in [0.1, 0.15) is 0 Å². The van der Waals surface area contributed by atoms with Crippen LogP contribution in [0.3, 0.4) is 0 Å². The van der Waals surface area contributed by atoms with Gasteiger partial charge in [-0.3, -0.25) is 0 Å². The van der Waals surface area contributed by atoms with Crippen molar-refractivity contribution in [3.05, 3.63) is 11.7 Å². The number of hydrogen-bond acceptors (Lipinski definition) is 4. The molecule has 114 valence electrons. The van der Waals surface area contributed by atoms with Crippen molar-refractivity contribution >= 4 is 0 Å². The highest BCUT2D eigenvalue weighted by molar-refractivity contribution is 5.11. The van der Waals surface area contributed by atoms with E-state index >= 15 is 0 Å². The molecule has 20 heavy (non-hydrogen) atoms. The second kappa shape index (κ2) is 4.19. The zero-order valence-electron chi connectivity index (χ0n) is 12.1. The Morgan fingerprint density at radius 1 is 1.05 bits per heavy atom. The lowest BCUT2D eigenvalue weighted by molar-refractivity contribution is -0.159. The predicted molar refractivity (Wildman–Crippen MR) is 66.6 cm³/mol. The van der Waals surface area contributed by atoms with Gasteiger partial charge >= 0.3 is 12.1 Å². The van der Waals surface area contributed by atoms with E-state index in [9.17, 15) is 13.2 Å². The number of halogens is 3. The van der Waals surface area contributed by atoms with Gasteiger partial charge < -0.3 is 10.3 Å². The third-order valence-corrected chi connectivity index (χ3v) is 3.66. The molecule has 0 atom stereocenters. The molecule has 7 heteroatoms. The summed E-state index contributed by atoms with van der Waals surface area (Å²) in [5, 5.41) is 3.48. The highest BCUT2D eigenvalue weighted by Gasteiger charge is 2.50. The van der Waals surface area contributed by atoms with E-state index in [1.54, 1.807) is 0 Å². The molecular formula is C13H20F3N3O. The summed E-state index contributed by atoms with van der Waals surface area (Å²) >= 11 is 0. The fraction of sp³-hybridized carbons (Fsp3) is 0.846. The molecule has 2 N–H and O–H groups in total. The summed E-state index contributed by atoms with van der Waals surface area (Å²) in [6.45, 7) is 8.22. The minimum atomic E-state index is -4.64. The van der Waals surface area contributed by atoms with E-state index in [1.165, 1.54) is 0 Å². The van der Waals surface area contributed by atoms with Crippen LogP contribution in [0.25, 0.3) is 0 Å². The van der Waals surface area contributed by atoms with Gasteiger partial charge in [-0.1, -0.05) is 32.9 Å². The fourth-order valence-corrected chi connectivity index (χ4v) is 3.89. The molecule has 1 heterocycles. The second-order valence-corrected chi connectivity index (χ2v) is 7.44. The molecular weight excluding hydrogens is 271 g/mol. The second-order valence-electron chi connectivity index (χ2n) is 7.44. The number of rotatable bonds is 1. The van der Waals surface area contributed by atoms with E-state index in [0.717, 1.165) is 6.42 Å². The SMILES string of the molecule is CC1(C)CC(C)(C)CC(N)(c2noc(C(F)(F)F)n2)C1. The normalized spacial score (nSPS) is 24.6. The van der Waals surface area contributed by atoms with E-state index in [2.05, 4.69) is 42.4 Å². The summed E-state index contributed by atoms with van der Waals surface area (Å²) in [5.74, 6) is -1.39. The molecule has 2 rings (SSSR count). The number of hydrogen-bond donors (Lipinski definition) is 1. The predicted octanol–water partition coefficient (Wildman–Crippen LogP) is 3.48. The van der Waals surface area contributed by atoms with Crippen LogP contribution >= 0.6 is 0 Å². The first-order valence-electron chi connectivity index (χ1n) is 6.53. The summed E-state index contributed by atoms with van der Waals surface area (Å²) in [7, 11) is 0. The van der Waals surface area contributed by atoms with Gasteiger partial charge in [0.25, 0.3) is 0 Å². The molecule has 0 spiro atoms. The molecule has 1 aliphatic carbocycles. The summed E-state index contributed by atoms with van der Waals surface area (Å²) in [6.07, 6.45) is -2.63. The molecule has 0 bridgehead atoms. The molecule has 0 amide bonds. The van der Waals surface area contributed by atoms with Crippen molar-refractivity contribution in [2.75, 3.05) is 0 Å². The lowest BCUT2D eigenvalue weighted by Crippen LogP contribution is -2.50. The third kappa shape index (κ3) is 2.97. The van der Waals surface area contributed by atoms with Gasteiger partial charge in [-0.2, -0.15) is 18.2 Å². The Kier molecular flexibility index (Phi) is 3.20. The van der Waals surface area contributed by atoms with Crippen LogP contribution in [0, 0.1) is 10.8 Å². The van der Waals surface area contributed by atoms with Crippen LogP contribution < -0.4 is 5.73 Å². The van der Waals surface area contributed by atoms with Crippen LogP contribution in [0.5, 0.6) is 0 Å². The van der Waals surface area contributed by atoms with Crippen molar-refractivity contribution < 1.29 is 17.7 Å². The van der Waals surface area contributed by atoms with Crippen molar-refractivity contribution in [2.24, 2.45) is 16.6 Å². The molecule has 0 aromatic carbocycles. The largest absolute Gasteiger partial charge is 0.471 e. The van der Waals surface area contributed by atoms with Crippen LogP contribution in [0.2, 0.25) is 0 Å². The zero-order chi connectivity index (χ0) is 15.4. The van der Waals surface area contributed by atoms with Crippen LogP contribution in [0.15, 0.2) is 4.52 Å². The van der Waals surface area contributed by atoms with Crippen molar-refractivity contribution in [1.82, 2.24) is 10.1 Å². The van der Waals surface area contributed by atoms with Gasteiger partial charge in [0, 0.05) is 0 Å². The Balaban J connectivity index is 2.37. The van der Waals surface area contributed by atoms with E-state index in [1.807, 2.05) is 0 Å². The number of nitrogens with zero attached hydrogens (tertiary/aromatic N) is 2. The first-order chi connectivity index (χ1) is 8.83. The lowest BCUT2D eigenvalue weighted by atomic mass is 9.58. The quantitative estimate of drug-likeness (QED) is 0.860. The monoisotopic (exact) mass is 291 g/mol. The third-order valence-electron chi connectivity index (χ3n) is 3.66. The van der Waals surface area contributed by atoms with Crippen LogP contribution in [-0.4, -0.2) is 10.1 Å². The van der Waals surface area contributed by atoms with Crippen LogP contribution in [0.4, 0.5) is 13.2 Å². The molecule has 4 nitrogen and oxygen atoms in total.